The first-order valence-electron chi connectivity index (χ1n) is 10.5. The number of benzene rings is 2. The van der Waals surface area contributed by atoms with E-state index in [1.165, 1.54) is 29.8 Å². The Kier molecular flexibility index (Phi) is 6.32. The zero-order chi connectivity index (χ0) is 22.8. The highest BCUT2D eigenvalue weighted by Crippen LogP contribution is 2.34. The minimum absolute atomic E-state index is 0.0321. The predicted molar refractivity (Wildman–Crippen MR) is 130 cm³/mol. The molecule has 1 fully saturated rings. The molecule has 0 bridgehead atoms. The van der Waals surface area contributed by atoms with Crippen LogP contribution >= 0.6 is 22.9 Å². The summed E-state index contributed by atoms with van der Waals surface area (Å²) in [6.45, 7) is 4.78. The quantitative estimate of drug-likeness (QED) is 0.316. The van der Waals surface area contributed by atoms with Crippen molar-refractivity contribution in [2.24, 2.45) is 10.7 Å². The van der Waals surface area contributed by atoms with Gasteiger partial charge in [0, 0.05) is 25.3 Å². The smallest absolute Gasteiger partial charge is 0.159 e. The maximum Gasteiger partial charge on any atom is 0.159 e. The van der Waals surface area contributed by atoms with E-state index < -0.39 is 5.82 Å². The summed E-state index contributed by atoms with van der Waals surface area (Å²) in [5.74, 6) is 0.508. The lowest BCUT2D eigenvalue weighted by atomic mass is 10.2. The second-order valence-corrected chi connectivity index (χ2v) is 8.93. The SMILES string of the molecule is NC(=NCCN1CCOCC1)c1nc2ccc3ncnc(Nc4ccc(F)c(Cl)c4)c3c2s1. The second-order valence-electron chi connectivity index (χ2n) is 7.52. The van der Waals surface area contributed by atoms with Crippen molar-refractivity contribution in [2.75, 3.05) is 44.7 Å². The molecule has 0 atom stereocenters. The largest absolute Gasteiger partial charge is 0.381 e. The van der Waals surface area contributed by atoms with Gasteiger partial charge in [0.25, 0.3) is 0 Å². The van der Waals surface area contributed by atoms with Crippen LogP contribution in [-0.2, 0) is 4.74 Å². The fourth-order valence-corrected chi connectivity index (χ4v) is 4.86. The molecule has 0 spiro atoms. The number of aromatic nitrogens is 3. The van der Waals surface area contributed by atoms with Gasteiger partial charge in [-0.05, 0) is 30.3 Å². The van der Waals surface area contributed by atoms with Gasteiger partial charge in [-0.1, -0.05) is 11.6 Å². The van der Waals surface area contributed by atoms with Crippen LogP contribution in [0.1, 0.15) is 5.01 Å². The first-order chi connectivity index (χ1) is 16.1. The van der Waals surface area contributed by atoms with Crippen LogP contribution in [0, 0.1) is 5.82 Å². The molecule has 2 aromatic carbocycles. The van der Waals surface area contributed by atoms with Crippen molar-refractivity contribution < 1.29 is 9.13 Å². The molecule has 1 saturated heterocycles. The van der Waals surface area contributed by atoms with Crippen LogP contribution in [0.15, 0.2) is 41.7 Å². The normalized spacial score (nSPS) is 15.4. The average molecular weight is 486 g/mol. The molecular weight excluding hydrogens is 465 g/mol. The van der Waals surface area contributed by atoms with Gasteiger partial charge in [0.15, 0.2) is 10.8 Å². The first kappa shape index (κ1) is 21.9. The maximum absolute atomic E-state index is 13.5. The topological polar surface area (TPSA) is 102 Å². The van der Waals surface area contributed by atoms with Gasteiger partial charge in [0.05, 0.1) is 45.9 Å². The molecule has 8 nitrogen and oxygen atoms in total. The van der Waals surface area contributed by atoms with E-state index in [0.717, 1.165) is 54.0 Å². The first-order valence-corrected chi connectivity index (χ1v) is 11.6. The number of anilines is 2. The van der Waals surface area contributed by atoms with Crippen molar-refractivity contribution in [3.05, 3.63) is 52.5 Å². The van der Waals surface area contributed by atoms with Crippen molar-refractivity contribution >= 4 is 61.4 Å². The predicted octanol–water partition coefficient (Wildman–Crippen LogP) is 3.81. The van der Waals surface area contributed by atoms with Gasteiger partial charge in [-0.25, -0.2) is 19.3 Å². The van der Waals surface area contributed by atoms with Crippen molar-refractivity contribution in [1.82, 2.24) is 19.9 Å². The van der Waals surface area contributed by atoms with Crippen LogP contribution in [0.2, 0.25) is 5.02 Å². The number of aliphatic imine (C=N–C) groups is 1. The van der Waals surface area contributed by atoms with E-state index in [-0.39, 0.29) is 5.02 Å². The van der Waals surface area contributed by atoms with E-state index in [2.05, 4.69) is 30.2 Å². The molecule has 11 heteroatoms. The zero-order valence-corrected chi connectivity index (χ0v) is 19.2. The van der Waals surface area contributed by atoms with Gasteiger partial charge >= 0.3 is 0 Å². The lowest BCUT2D eigenvalue weighted by molar-refractivity contribution is 0.0394. The molecule has 0 aliphatic carbocycles. The highest BCUT2D eigenvalue weighted by molar-refractivity contribution is 7.21. The Morgan fingerprint density at radius 1 is 1.21 bits per heavy atom. The van der Waals surface area contributed by atoms with Gasteiger partial charge in [-0.3, -0.25) is 9.89 Å². The van der Waals surface area contributed by atoms with Crippen molar-refractivity contribution in [3.8, 4) is 0 Å². The Labute approximate surface area is 198 Å². The fourth-order valence-electron chi connectivity index (χ4n) is 3.65. The second kappa shape index (κ2) is 9.52. The number of hydrogen-bond acceptors (Lipinski definition) is 8. The van der Waals surface area contributed by atoms with E-state index in [1.54, 1.807) is 6.07 Å². The average Bonchev–Trinajstić information content (AvgIpc) is 3.27. The number of halogens is 2. The van der Waals surface area contributed by atoms with Gasteiger partial charge < -0.3 is 15.8 Å². The molecule has 1 aliphatic rings. The number of amidine groups is 1. The van der Waals surface area contributed by atoms with Crippen LogP contribution < -0.4 is 11.1 Å². The number of nitrogens with one attached hydrogen (secondary N) is 1. The lowest BCUT2D eigenvalue weighted by Gasteiger charge is -2.25. The summed E-state index contributed by atoms with van der Waals surface area (Å²) in [5.41, 5.74) is 8.42. The third-order valence-corrected chi connectivity index (χ3v) is 6.76. The standard InChI is InChI=1S/C22H21ClFN7OS/c23-14-11-13(1-2-15(14)24)29-21-18-16(27-12-28-21)3-4-17-19(18)33-22(30-17)20(25)26-5-6-31-7-9-32-10-8-31/h1-4,11-12H,5-10H2,(H2,25,26)(H,27,28,29). The molecular formula is C22H21ClFN7OS. The number of ether oxygens (including phenoxy) is 1. The molecule has 3 heterocycles. The highest BCUT2D eigenvalue weighted by atomic mass is 35.5. The summed E-state index contributed by atoms with van der Waals surface area (Å²) >= 11 is 7.38. The Morgan fingerprint density at radius 3 is 2.85 bits per heavy atom. The number of hydrogen-bond donors (Lipinski definition) is 2. The van der Waals surface area contributed by atoms with Crippen LogP contribution in [0.3, 0.4) is 0 Å². The monoisotopic (exact) mass is 485 g/mol. The lowest BCUT2D eigenvalue weighted by Crippen LogP contribution is -2.38. The number of nitrogens with zero attached hydrogens (tertiary/aromatic N) is 5. The van der Waals surface area contributed by atoms with Crippen LogP contribution in [0.25, 0.3) is 21.1 Å². The zero-order valence-electron chi connectivity index (χ0n) is 17.6. The fraction of sp³-hybridized carbons (Fsp3) is 0.273. The summed E-state index contributed by atoms with van der Waals surface area (Å²) in [6.07, 6.45) is 1.48. The summed E-state index contributed by atoms with van der Waals surface area (Å²) in [4.78, 5) is 20.3. The van der Waals surface area contributed by atoms with E-state index >= 15 is 0 Å². The van der Waals surface area contributed by atoms with E-state index in [0.29, 0.717) is 28.9 Å². The van der Waals surface area contributed by atoms with E-state index in [4.69, 9.17) is 22.1 Å². The van der Waals surface area contributed by atoms with Crippen LogP contribution in [-0.4, -0.2) is 65.1 Å². The molecule has 33 heavy (non-hydrogen) atoms. The molecule has 1 aliphatic heterocycles. The molecule has 2 aromatic heterocycles. The minimum atomic E-state index is -0.479. The molecule has 4 aromatic rings. The van der Waals surface area contributed by atoms with Crippen molar-refractivity contribution in [1.29, 1.82) is 0 Å². The Hall–Kier alpha value is -2.92. The summed E-state index contributed by atoms with van der Waals surface area (Å²) in [5, 5.41) is 4.71. The number of nitrogens with two attached hydrogens (primary N) is 1. The molecule has 170 valence electrons. The molecule has 3 N–H and O–H groups in total. The van der Waals surface area contributed by atoms with Gasteiger partial charge in [-0.2, -0.15) is 0 Å². The highest BCUT2D eigenvalue weighted by Gasteiger charge is 2.15. The van der Waals surface area contributed by atoms with Crippen molar-refractivity contribution in [3.63, 3.8) is 0 Å². The van der Waals surface area contributed by atoms with Gasteiger partial charge in [0.1, 0.15) is 18.0 Å². The minimum Gasteiger partial charge on any atom is -0.381 e. The maximum atomic E-state index is 13.5. The van der Waals surface area contributed by atoms with Gasteiger partial charge in [-0.15, -0.1) is 11.3 Å². The number of thiazole rings is 1. The van der Waals surface area contributed by atoms with E-state index in [9.17, 15) is 4.39 Å². The molecule has 0 unspecified atom stereocenters. The van der Waals surface area contributed by atoms with E-state index in [1.807, 2.05) is 12.1 Å². The number of rotatable bonds is 6. The Bertz CT molecular complexity index is 1340. The molecule has 0 radical (unpaired) electrons. The Morgan fingerprint density at radius 2 is 2.03 bits per heavy atom. The summed E-state index contributed by atoms with van der Waals surface area (Å²) in [7, 11) is 0. The van der Waals surface area contributed by atoms with Gasteiger partial charge in [0.2, 0.25) is 0 Å². The van der Waals surface area contributed by atoms with Crippen LogP contribution in [0.5, 0.6) is 0 Å². The number of fused-ring (bicyclic) bond motifs is 3. The Balaban J connectivity index is 1.45. The number of morpholine rings is 1. The third-order valence-electron chi connectivity index (χ3n) is 5.36. The summed E-state index contributed by atoms with van der Waals surface area (Å²) in [6, 6.07) is 8.22. The molecule has 0 saturated carbocycles. The van der Waals surface area contributed by atoms with Crippen molar-refractivity contribution in [2.45, 2.75) is 0 Å². The third kappa shape index (κ3) is 4.74. The molecule has 5 rings (SSSR count). The molecule has 0 amide bonds. The summed E-state index contributed by atoms with van der Waals surface area (Å²) < 4.78 is 19.8. The van der Waals surface area contributed by atoms with Crippen LogP contribution in [0.4, 0.5) is 15.9 Å².